The fourth-order valence-corrected chi connectivity index (χ4v) is 4.22. The van der Waals surface area contributed by atoms with Gasteiger partial charge >= 0.3 is 0 Å². The van der Waals surface area contributed by atoms with E-state index in [0.29, 0.717) is 6.04 Å². The Labute approximate surface area is 110 Å². The molecule has 2 saturated carbocycles. The first kappa shape index (κ1) is 11.8. The van der Waals surface area contributed by atoms with Crippen LogP contribution in [0.25, 0.3) is 0 Å². The van der Waals surface area contributed by atoms with Crippen molar-refractivity contribution in [3.8, 4) is 0 Å². The van der Waals surface area contributed by atoms with Crippen LogP contribution in [0.1, 0.15) is 45.4 Å². The maximum atomic E-state index is 5.58. The molecule has 0 spiro atoms. The Morgan fingerprint density at radius 1 is 1.12 bits per heavy atom. The fourth-order valence-electron chi connectivity index (χ4n) is 3.88. The van der Waals surface area contributed by atoms with Gasteiger partial charge in [-0.3, -0.25) is 0 Å². The van der Waals surface area contributed by atoms with Crippen LogP contribution in [-0.4, -0.2) is 29.1 Å². The number of hydrogen-bond donors (Lipinski definition) is 1. The van der Waals surface area contributed by atoms with Crippen molar-refractivity contribution in [2.45, 2.75) is 51.5 Å². The van der Waals surface area contributed by atoms with Crippen molar-refractivity contribution in [2.24, 2.45) is 17.8 Å². The summed E-state index contributed by atoms with van der Waals surface area (Å²) in [7, 11) is 0. The van der Waals surface area contributed by atoms with E-state index in [4.69, 9.17) is 12.2 Å². The number of rotatable bonds is 1. The lowest BCUT2D eigenvalue weighted by Gasteiger charge is -2.35. The van der Waals surface area contributed by atoms with Gasteiger partial charge in [0.15, 0.2) is 5.11 Å². The molecule has 17 heavy (non-hydrogen) atoms. The minimum atomic E-state index is 0.695. The Kier molecular flexibility index (Phi) is 3.29. The summed E-state index contributed by atoms with van der Waals surface area (Å²) < 4.78 is 0. The standard InChI is InChI=1S/C14H24N2S/c1-10-4-6-16(7-5-10)14(17)15-13-9-11-2-3-12(13)8-11/h10-13H,2-9H2,1H3,(H,15,17)/t11-,12-,13+/m0/s1. The molecule has 0 aromatic rings. The third-order valence-corrected chi connectivity index (χ3v) is 5.49. The number of nitrogens with zero attached hydrogens (tertiary/aromatic N) is 1. The number of hydrogen-bond acceptors (Lipinski definition) is 1. The van der Waals surface area contributed by atoms with Crippen LogP contribution < -0.4 is 5.32 Å². The van der Waals surface area contributed by atoms with Gasteiger partial charge < -0.3 is 10.2 Å². The Bertz CT molecular complexity index is 297. The SMILES string of the molecule is CC1CCN(C(=S)N[C@@H]2C[C@H]3CC[C@H]2C3)CC1. The average molecular weight is 252 g/mol. The lowest BCUT2D eigenvalue weighted by atomic mass is 9.95. The van der Waals surface area contributed by atoms with Crippen molar-refractivity contribution < 1.29 is 0 Å². The molecule has 0 aromatic carbocycles. The number of fused-ring (bicyclic) bond motifs is 2. The van der Waals surface area contributed by atoms with Gasteiger partial charge in [-0.25, -0.2) is 0 Å². The highest BCUT2D eigenvalue weighted by atomic mass is 32.1. The van der Waals surface area contributed by atoms with Gasteiger partial charge in [0, 0.05) is 19.1 Å². The maximum absolute atomic E-state index is 5.58. The first-order chi connectivity index (χ1) is 8.22. The van der Waals surface area contributed by atoms with Crippen LogP contribution in [0.3, 0.4) is 0 Å². The van der Waals surface area contributed by atoms with Gasteiger partial charge in [-0.05, 0) is 62.1 Å². The zero-order chi connectivity index (χ0) is 11.8. The largest absolute Gasteiger partial charge is 0.360 e. The molecule has 1 saturated heterocycles. The summed E-state index contributed by atoms with van der Waals surface area (Å²) in [4.78, 5) is 2.39. The van der Waals surface area contributed by atoms with E-state index in [1.165, 1.54) is 38.5 Å². The molecule has 0 aromatic heterocycles. The van der Waals surface area contributed by atoms with Crippen LogP contribution in [0.4, 0.5) is 0 Å². The van der Waals surface area contributed by atoms with E-state index in [2.05, 4.69) is 17.1 Å². The van der Waals surface area contributed by atoms with E-state index in [-0.39, 0.29) is 0 Å². The summed E-state index contributed by atoms with van der Waals surface area (Å²) in [5.41, 5.74) is 0. The molecule has 0 amide bonds. The molecule has 3 fully saturated rings. The fraction of sp³-hybridized carbons (Fsp3) is 0.929. The van der Waals surface area contributed by atoms with Gasteiger partial charge in [0.05, 0.1) is 0 Å². The van der Waals surface area contributed by atoms with Crippen molar-refractivity contribution in [3.63, 3.8) is 0 Å². The first-order valence-corrected chi connectivity index (χ1v) is 7.68. The molecule has 2 nitrogen and oxygen atoms in total. The highest BCUT2D eigenvalue weighted by molar-refractivity contribution is 7.80. The first-order valence-electron chi connectivity index (χ1n) is 7.28. The predicted molar refractivity (Wildman–Crippen MR) is 74.9 cm³/mol. The monoisotopic (exact) mass is 252 g/mol. The quantitative estimate of drug-likeness (QED) is 0.723. The third kappa shape index (κ3) is 2.44. The van der Waals surface area contributed by atoms with Crippen molar-refractivity contribution in [1.82, 2.24) is 10.2 Å². The Morgan fingerprint density at radius 3 is 2.47 bits per heavy atom. The maximum Gasteiger partial charge on any atom is 0.169 e. The third-order valence-electron chi connectivity index (χ3n) is 5.12. The van der Waals surface area contributed by atoms with Gasteiger partial charge in [0.25, 0.3) is 0 Å². The van der Waals surface area contributed by atoms with Crippen molar-refractivity contribution in [2.75, 3.05) is 13.1 Å². The van der Waals surface area contributed by atoms with Crippen LogP contribution in [0.15, 0.2) is 0 Å². The molecule has 2 aliphatic carbocycles. The Balaban J connectivity index is 1.50. The molecule has 0 unspecified atom stereocenters. The smallest absolute Gasteiger partial charge is 0.169 e. The summed E-state index contributed by atoms with van der Waals surface area (Å²) in [5, 5.41) is 4.69. The molecule has 0 radical (unpaired) electrons. The lowest BCUT2D eigenvalue weighted by molar-refractivity contribution is 0.270. The number of piperidine rings is 1. The van der Waals surface area contributed by atoms with Gasteiger partial charge in [-0.2, -0.15) is 0 Å². The second-order valence-electron chi connectivity index (χ2n) is 6.40. The second-order valence-corrected chi connectivity index (χ2v) is 6.79. The van der Waals surface area contributed by atoms with Gasteiger partial charge in [-0.15, -0.1) is 0 Å². The molecule has 96 valence electrons. The van der Waals surface area contributed by atoms with Crippen molar-refractivity contribution in [1.29, 1.82) is 0 Å². The molecular formula is C14H24N2S. The minimum absolute atomic E-state index is 0.695. The zero-order valence-electron chi connectivity index (χ0n) is 10.8. The molecule has 2 bridgehead atoms. The summed E-state index contributed by atoms with van der Waals surface area (Å²) in [6, 6.07) is 0.695. The van der Waals surface area contributed by atoms with Gasteiger partial charge in [0.1, 0.15) is 0 Å². The molecule has 1 aliphatic heterocycles. The van der Waals surface area contributed by atoms with Gasteiger partial charge in [-0.1, -0.05) is 13.3 Å². The van der Waals surface area contributed by atoms with Crippen LogP contribution in [0.2, 0.25) is 0 Å². The van der Waals surface area contributed by atoms with Crippen LogP contribution in [0.5, 0.6) is 0 Å². The van der Waals surface area contributed by atoms with Gasteiger partial charge in [0.2, 0.25) is 0 Å². The molecule has 1 heterocycles. The van der Waals surface area contributed by atoms with E-state index in [1.54, 1.807) is 0 Å². The normalized spacial score (nSPS) is 37.5. The van der Waals surface area contributed by atoms with Crippen molar-refractivity contribution in [3.05, 3.63) is 0 Å². The highest BCUT2D eigenvalue weighted by Gasteiger charge is 2.40. The van der Waals surface area contributed by atoms with E-state index >= 15 is 0 Å². The zero-order valence-corrected chi connectivity index (χ0v) is 11.6. The number of likely N-dealkylation sites (tertiary alicyclic amines) is 1. The highest BCUT2D eigenvalue weighted by Crippen LogP contribution is 2.44. The summed E-state index contributed by atoms with van der Waals surface area (Å²) in [6.07, 6.45) is 8.34. The molecule has 3 heteroatoms. The van der Waals surface area contributed by atoms with Crippen molar-refractivity contribution >= 4 is 17.3 Å². The molecule has 3 atom stereocenters. The Hall–Kier alpha value is -0.310. The van der Waals surface area contributed by atoms with E-state index < -0.39 is 0 Å². The average Bonchev–Trinajstić information content (AvgIpc) is 2.91. The van der Waals surface area contributed by atoms with Crippen LogP contribution >= 0.6 is 12.2 Å². The molecule has 3 rings (SSSR count). The van der Waals surface area contributed by atoms with E-state index in [0.717, 1.165) is 36.0 Å². The Morgan fingerprint density at radius 2 is 1.88 bits per heavy atom. The summed E-state index contributed by atoms with van der Waals surface area (Å²) in [5.74, 6) is 2.81. The summed E-state index contributed by atoms with van der Waals surface area (Å²) in [6.45, 7) is 4.67. The summed E-state index contributed by atoms with van der Waals surface area (Å²) >= 11 is 5.58. The second kappa shape index (κ2) is 4.75. The number of nitrogens with one attached hydrogen (secondary N) is 1. The molecular weight excluding hydrogens is 228 g/mol. The molecule has 1 N–H and O–H groups in total. The number of thiocarbonyl (C=S) groups is 1. The van der Waals surface area contributed by atoms with Crippen LogP contribution in [0, 0.1) is 17.8 Å². The van der Waals surface area contributed by atoms with E-state index in [9.17, 15) is 0 Å². The minimum Gasteiger partial charge on any atom is -0.360 e. The molecule has 3 aliphatic rings. The van der Waals surface area contributed by atoms with Crippen LogP contribution in [-0.2, 0) is 0 Å². The lowest BCUT2D eigenvalue weighted by Crippen LogP contribution is -2.48. The van der Waals surface area contributed by atoms with E-state index in [1.807, 2.05) is 0 Å². The predicted octanol–water partition coefficient (Wildman–Crippen LogP) is 2.78. The topological polar surface area (TPSA) is 15.3 Å².